The molecule has 0 aliphatic carbocycles. The molecule has 0 amide bonds. The molecule has 25 heteroatoms. The van der Waals surface area contributed by atoms with E-state index < -0.39 is 165 Å². The van der Waals surface area contributed by atoms with Crippen LogP contribution in [-0.4, -0.2) is 176 Å². The number of hydrogen-bond donors (Lipinski definition) is 2. The van der Waals surface area contributed by atoms with Gasteiger partial charge < -0.3 is 76.5 Å². The van der Waals surface area contributed by atoms with E-state index in [4.69, 9.17) is 66.3 Å². The average molecular weight is 1430 g/mol. The van der Waals surface area contributed by atoms with Gasteiger partial charge in [-0.2, -0.15) is 0 Å². The number of ether oxygens (including phenoxy) is 14. The van der Waals surface area contributed by atoms with Crippen molar-refractivity contribution in [1.82, 2.24) is 0 Å². The summed E-state index contributed by atoms with van der Waals surface area (Å²) in [5.74, 6) is -9.21. The lowest BCUT2D eigenvalue weighted by Gasteiger charge is -2.48. The third kappa shape index (κ3) is 21.1. The monoisotopic (exact) mass is 1430 g/mol. The zero-order valence-corrected chi connectivity index (χ0v) is 56.9. The molecule has 7 aromatic rings. The highest BCUT2D eigenvalue weighted by atomic mass is 16.8. The Kier molecular flexibility index (Phi) is 27.9. The van der Waals surface area contributed by atoms with E-state index in [-0.39, 0.29) is 52.0 Å². The van der Waals surface area contributed by atoms with Gasteiger partial charge in [0.1, 0.15) is 49.8 Å². The number of hydrogen-bond acceptors (Lipinski definition) is 24. The SMILES string of the molecule is CC(=O)OC1C(OCCCCCCCCC(=O)O)OC(COC2OC(COC(=O)c3ccccc3)C(OC(=O)c3ccccc3)C(OC(=O)c3ccccc3)C2OC(=O)c2ccccc2)C(O)C1OC1OC(COC(=O)c2ccccc2)C(C)C(OC(=O)c2ccccc2)C1OC(=O)c1ccccc1. The van der Waals surface area contributed by atoms with E-state index in [1.54, 1.807) is 134 Å². The molecule has 104 heavy (non-hydrogen) atoms. The number of esters is 8. The standard InChI is InChI=1S/C79H80O25/c1-49-58(46-92-70(84)51-30-14-7-15-31-51)96-79(67(102-75(89)56-40-24-12-25-41-56)63(49)99-72(86)53-34-18-9-19-35-53)104-65-62(83)59(97-77(68(65)95-50(2)80)91-45-29-6-4-3-5-28-44-61(81)82)47-94-78-69(103-76(90)57-42-26-13-27-43-57)66(101-74(88)55-38-22-11-23-39-55)64(100-73(87)54-36-20-10-21-37-54)60(98-78)48-93-71(85)52-32-16-8-17-33-52/h7-27,30-43,49,58-60,62-69,77-79,83H,3-6,28-29,44-48H2,1-2H3,(H,81,82). The molecule has 3 saturated heterocycles. The first kappa shape index (κ1) is 76.1. The number of aliphatic hydroxyl groups is 1. The van der Waals surface area contributed by atoms with Crippen LogP contribution in [0.15, 0.2) is 212 Å². The molecule has 0 spiro atoms. The highest BCUT2D eigenvalue weighted by Gasteiger charge is 2.58. The number of carboxylic acid groups (broad SMARTS) is 1. The van der Waals surface area contributed by atoms with Gasteiger partial charge in [-0.3, -0.25) is 9.59 Å². The number of carbonyl (C=O) groups is 9. The first-order valence-corrected chi connectivity index (χ1v) is 34.2. The van der Waals surface area contributed by atoms with Crippen LogP contribution in [0.3, 0.4) is 0 Å². The fourth-order valence-corrected chi connectivity index (χ4v) is 11.9. The molecule has 10 rings (SSSR count). The molecule has 3 heterocycles. The topological polar surface area (TPSA) is 323 Å². The van der Waals surface area contributed by atoms with Crippen molar-refractivity contribution in [3.05, 3.63) is 251 Å². The third-order valence-corrected chi connectivity index (χ3v) is 17.3. The Morgan fingerprint density at radius 2 is 0.663 bits per heavy atom. The number of carboxylic acids is 1. The van der Waals surface area contributed by atoms with E-state index in [2.05, 4.69) is 0 Å². The van der Waals surface area contributed by atoms with E-state index in [0.29, 0.717) is 38.5 Å². The second-order valence-electron chi connectivity index (χ2n) is 24.7. The van der Waals surface area contributed by atoms with Crippen LogP contribution in [0.25, 0.3) is 0 Å². The summed E-state index contributed by atoms with van der Waals surface area (Å²) in [6.07, 6.45) is -21.2. The Labute approximate surface area is 599 Å². The van der Waals surface area contributed by atoms with Crippen LogP contribution in [0.1, 0.15) is 131 Å². The minimum Gasteiger partial charge on any atom is -0.481 e. The second kappa shape index (κ2) is 38.1. The quantitative estimate of drug-likeness (QED) is 0.0225. The summed E-state index contributed by atoms with van der Waals surface area (Å²) >= 11 is 0. The van der Waals surface area contributed by atoms with E-state index in [1.807, 2.05) is 0 Å². The second-order valence-corrected chi connectivity index (χ2v) is 24.7. The predicted octanol–water partition coefficient (Wildman–Crippen LogP) is 10.2. The van der Waals surface area contributed by atoms with Crippen molar-refractivity contribution in [3.8, 4) is 0 Å². The highest BCUT2D eigenvalue weighted by molar-refractivity contribution is 5.93. The minimum absolute atomic E-state index is 0.00223. The normalized spacial score (nSPS) is 24.2. The molecule has 3 aliphatic heterocycles. The van der Waals surface area contributed by atoms with Crippen molar-refractivity contribution < 1.29 is 120 Å². The molecule has 2 N–H and O–H groups in total. The molecule has 3 aliphatic rings. The third-order valence-electron chi connectivity index (χ3n) is 17.3. The van der Waals surface area contributed by atoms with Gasteiger partial charge in [-0.15, -0.1) is 0 Å². The number of rotatable bonds is 32. The van der Waals surface area contributed by atoms with Gasteiger partial charge in [0.05, 0.1) is 45.6 Å². The van der Waals surface area contributed by atoms with Crippen molar-refractivity contribution in [2.24, 2.45) is 5.92 Å². The van der Waals surface area contributed by atoms with Crippen LogP contribution in [0.2, 0.25) is 0 Å². The van der Waals surface area contributed by atoms with Gasteiger partial charge in [0, 0.05) is 25.9 Å². The largest absolute Gasteiger partial charge is 0.481 e. The van der Waals surface area contributed by atoms with Gasteiger partial charge in [-0.1, -0.05) is 160 Å². The molecular weight excluding hydrogens is 1350 g/mol. The minimum atomic E-state index is -2.05. The van der Waals surface area contributed by atoms with E-state index in [9.17, 15) is 53.4 Å². The van der Waals surface area contributed by atoms with Crippen LogP contribution in [0.5, 0.6) is 0 Å². The maximum atomic E-state index is 14.6. The summed E-state index contributed by atoms with van der Waals surface area (Å²) in [5, 5.41) is 22.3. The van der Waals surface area contributed by atoms with Crippen LogP contribution in [0, 0.1) is 5.92 Å². The van der Waals surface area contributed by atoms with Crippen molar-refractivity contribution in [1.29, 1.82) is 0 Å². The van der Waals surface area contributed by atoms with Crippen molar-refractivity contribution >= 4 is 53.7 Å². The number of benzene rings is 7. The van der Waals surface area contributed by atoms with Gasteiger partial charge >= 0.3 is 53.7 Å². The maximum absolute atomic E-state index is 14.6. The fourth-order valence-electron chi connectivity index (χ4n) is 11.9. The van der Waals surface area contributed by atoms with E-state index >= 15 is 0 Å². The van der Waals surface area contributed by atoms with Crippen LogP contribution in [0.4, 0.5) is 0 Å². The molecule has 0 radical (unpaired) electrons. The summed E-state index contributed by atoms with van der Waals surface area (Å²) in [5.41, 5.74) is 0.493. The molecule has 0 saturated carbocycles. The van der Waals surface area contributed by atoms with Gasteiger partial charge in [-0.05, 0) is 97.8 Å². The molecule has 3 fully saturated rings. The lowest BCUT2D eigenvalue weighted by molar-refractivity contribution is -0.362. The molecule has 0 aromatic heterocycles. The lowest BCUT2D eigenvalue weighted by Crippen LogP contribution is -2.66. The van der Waals surface area contributed by atoms with Crippen molar-refractivity contribution in [3.63, 3.8) is 0 Å². The lowest BCUT2D eigenvalue weighted by atomic mass is 9.90. The van der Waals surface area contributed by atoms with Gasteiger partial charge in [0.15, 0.2) is 49.4 Å². The molecule has 25 nitrogen and oxygen atoms in total. The molecule has 546 valence electrons. The molecule has 15 atom stereocenters. The summed E-state index contributed by atoms with van der Waals surface area (Å²) < 4.78 is 89.1. The van der Waals surface area contributed by atoms with E-state index in [0.717, 1.165) is 6.92 Å². The smallest absolute Gasteiger partial charge is 0.338 e. The summed E-state index contributed by atoms with van der Waals surface area (Å²) in [7, 11) is 0. The molecular formula is C79H80O25. The number of aliphatic carboxylic acids is 1. The van der Waals surface area contributed by atoms with Gasteiger partial charge in [-0.25, -0.2) is 33.6 Å². The molecule has 15 unspecified atom stereocenters. The van der Waals surface area contributed by atoms with Crippen molar-refractivity contribution in [2.45, 2.75) is 145 Å². The molecule has 0 bridgehead atoms. The summed E-state index contributed by atoms with van der Waals surface area (Å²) in [6.45, 7) is 0.526. The number of carbonyl (C=O) groups excluding carboxylic acids is 8. The number of aliphatic hydroxyl groups excluding tert-OH is 1. The highest BCUT2D eigenvalue weighted by Crippen LogP contribution is 2.38. The first-order chi connectivity index (χ1) is 50.5. The fraction of sp³-hybridized carbons (Fsp3) is 0.354. The Morgan fingerprint density at radius 3 is 1.09 bits per heavy atom. The Morgan fingerprint density at radius 1 is 0.337 bits per heavy atom. The number of unbranched alkanes of at least 4 members (excludes halogenated alkanes) is 5. The first-order valence-electron chi connectivity index (χ1n) is 34.2. The Balaban J connectivity index is 1.04. The summed E-state index contributed by atoms with van der Waals surface area (Å²) in [4.78, 5) is 124. The zero-order valence-electron chi connectivity index (χ0n) is 56.9. The average Bonchev–Trinajstić information content (AvgIpc) is 0.775. The zero-order chi connectivity index (χ0) is 73.3. The van der Waals surface area contributed by atoms with Crippen LogP contribution >= 0.6 is 0 Å². The van der Waals surface area contributed by atoms with E-state index in [1.165, 1.54) is 84.9 Å². The van der Waals surface area contributed by atoms with Crippen LogP contribution in [-0.2, 0) is 75.9 Å². The van der Waals surface area contributed by atoms with Crippen LogP contribution < -0.4 is 0 Å². The maximum Gasteiger partial charge on any atom is 0.338 e. The Bertz CT molecular complexity index is 3930. The predicted molar refractivity (Wildman–Crippen MR) is 365 cm³/mol. The van der Waals surface area contributed by atoms with Gasteiger partial charge in [0.2, 0.25) is 0 Å². The van der Waals surface area contributed by atoms with Gasteiger partial charge in [0.25, 0.3) is 0 Å². The molecule has 7 aromatic carbocycles. The van der Waals surface area contributed by atoms with Crippen molar-refractivity contribution in [2.75, 3.05) is 26.4 Å². The summed E-state index contributed by atoms with van der Waals surface area (Å²) in [6, 6.07) is 54.8. The Hall–Kier alpha value is -10.5.